The van der Waals surface area contributed by atoms with Crippen LogP contribution in [0.3, 0.4) is 0 Å². The van der Waals surface area contributed by atoms with Crippen LogP contribution in [0.15, 0.2) is 43.1 Å². The molecule has 7 nitrogen and oxygen atoms in total. The molecule has 0 spiro atoms. The number of aromatic nitrogens is 1. The maximum Gasteiger partial charge on any atom is 0.332 e. The zero-order valence-corrected chi connectivity index (χ0v) is 18.8. The van der Waals surface area contributed by atoms with Crippen LogP contribution < -0.4 is 15.4 Å². The van der Waals surface area contributed by atoms with E-state index in [0.29, 0.717) is 19.4 Å². The van der Waals surface area contributed by atoms with E-state index >= 15 is 0 Å². The largest absolute Gasteiger partial charge is 0.488 e. The summed E-state index contributed by atoms with van der Waals surface area (Å²) < 4.78 is 12.5. The molecule has 1 aromatic carbocycles. The van der Waals surface area contributed by atoms with E-state index in [1.165, 1.54) is 0 Å². The van der Waals surface area contributed by atoms with Crippen molar-refractivity contribution in [2.45, 2.75) is 37.5 Å². The Morgan fingerprint density at radius 2 is 2.27 bits per heavy atom. The monoisotopic (exact) mass is 521 g/mol. The zero-order chi connectivity index (χ0) is 21.3. The number of pyridine rings is 1. The van der Waals surface area contributed by atoms with Gasteiger partial charge < -0.3 is 20.1 Å². The van der Waals surface area contributed by atoms with Gasteiger partial charge in [0, 0.05) is 34.0 Å². The minimum Gasteiger partial charge on any atom is -0.488 e. The minimum absolute atomic E-state index is 0.0973. The van der Waals surface area contributed by atoms with Crippen molar-refractivity contribution >= 4 is 45.4 Å². The number of amides is 1. The average Bonchev–Trinajstić information content (AvgIpc) is 3.24. The van der Waals surface area contributed by atoms with Gasteiger partial charge in [-0.3, -0.25) is 9.78 Å². The van der Waals surface area contributed by atoms with Crippen LogP contribution in [0.4, 0.5) is 0 Å². The molecule has 30 heavy (non-hydrogen) atoms. The summed E-state index contributed by atoms with van der Waals surface area (Å²) in [7, 11) is 0. The molecule has 2 N–H and O–H groups in total. The van der Waals surface area contributed by atoms with Gasteiger partial charge in [-0.05, 0) is 60.2 Å². The lowest BCUT2D eigenvalue weighted by atomic mass is 10.1. The standard InChI is InChI=1S/C22H24IN3O4/c1-3-13-11-22(13,21(28)29-4-2)26-20(27)18-10-15(12-25-18)30-19-7-8-24-17-9-14(23)5-6-16(17)19/h3,5-9,13,15,18,25H,1,4,10-12H2,2H3,(H,26,27)/t13-,15-,18+,22-/m1/s1. The van der Waals surface area contributed by atoms with Gasteiger partial charge in [-0.15, -0.1) is 6.58 Å². The lowest BCUT2D eigenvalue weighted by Crippen LogP contribution is -2.51. The van der Waals surface area contributed by atoms with Crippen molar-refractivity contribution in [3.63, 3.8) is 0 Å². The molecular formula is C22H24IN3O4. The van der Waals surface area contributed by atoms with Crippen LogP contribution in [-0.4, -0.2) is 47.7 Å². The summed E-state index contributed by atoms with van der Waals surface area (Å²) in [5, 5.41) is 7.05. The van der Waals surface area contributed by atoms with E-state index in [9.17, 15) is 9.59 Å². The summed E-state index contributed by atoms with van der Waals surface area (Å²) >= 11 is 2.25. The Labute approximate surface area is 188 Å². The van der Waals surface area contributed by atoms with Crippen LogP contribution in [0.5, 0.6) is 5.75 Å². The second-order valence-electron chi connectivity index (χ2n) is 7.63. The van der Waals surface area contributed by atoms with Crippen LogP contribution in [0.2, 0.25) is 0 Å². The predicted molar refractivity (Wildman–Crippen MR) is 121 cm³/mol. The highest BCUT2D eigenvalue weighted by Crippen LogP contribution is 2.45. The summed E-state index contributed by atoms with van der Waals surface area (Å²) in [5.74, 6) is 0.0423. The van der Waals surface area contributed by atoms with Crippen molar-refractivity contribution in [1.82, 2.24) is 15.6 Å². The Kier molecular flexibility index (Phi) is 5.97. The molecule has 4 atom stereocenters. The van der Waals surface area contributed by atoms with E-state index in [0.717, 1.165) is 20.2 Å². The van der Waals surface area contributed by atoms with Crippen molar-refractivity contribution < 1.29 is 19.1 Å². The maximum atomic E-state index is 12.8. The number of ether oxygens (including phenoxy) is 2. The number of fused-ring (bicyclic) bond motifs is 1. The molecule has 1 saturated carbocycles. The van der Waals surface area contributed by atoms with E-state index < -0.39 is 17.6 Å². The summed E-state index contributed by atoms with van der Waals surface area (Å²) in [6, 6.07) is 7.43. The van der Waals surface area contributed by atoms with Gasteiger partial charge in [-0.1, -0.05) is 6.08 Å². The Morgan fingerprint density at radius 1 is 1.43 bits per heavy atom. The van der Waals surface area contributed by atoms with Crippen molar-refractivity contribution in [2.75, 3.05) is 13.2 Å². The van der Waals surface area contributed by atoms with Crippen molar-refractivity contribution in [1.29, 1.82) is 0 Å². The zero-order valence-electron chi connectivity index (χ0n) is 16.7. The molecule has 0 bridgehead atoms. The second kappa shape index (κ2) is 8.50. The van der Waals surface area contributed by atoms with E-state index in [4.69, 9.17) is 9.47 Å². The molecule has 1 amide bonds. The maximum absolute atomic E-state index is 12.8. The molecule has 2 aliphatic rings. The lowest BCUT2D eigenvalue weighted by molar-refractivity contribution is -0.149. The first-order valence-electron chi connectivity index (χ1n) is 10.0. The number of hydrogen-bond acceptors (Lipinski definition) is 6. The number of benzene rings is 1. The predicted octanol–water partition coefficient (Wildman–Crippen LogP) is 2.57. The number of carbonyl (C=O) groups is 2. The van der Waals surface area contributed by atoms with E-state index in [1.54, 1.807) is 19.2 Å². The summed E-state index contributed by atoms with van der Waals surface area (Å²) in [6.07, 6.45) is 4.30. The normalized spacial score (nSPS) is 27.5. The second-order valence-corrected chi connectivity index (χ2v) is 8.88. The smallest absolute Gasteiger partial charge is 0.332 e. The van der Waals surface area contributed by atoms with Gasteiger partial charge in [0.2, 0.25) is 5.91 Å². The molecule has 2 fully saturated rings. The highest BCUT2D eigenvalue weighted by molar-refractivity contribution is 14.1. The van der Waals surface area contributed by atoms with Crippen LogP contribution in [-0.2, 0) is 14.3 Å². The molecule has 0 radical (unpaired) electrons. The Hall–Kier alpha value is -2.20. The highest BCUT2D eigenvalue weighted by atomic mass is 127. The number of halogens is 1. The van der Waals surface area contributed by atoms with E-state index in [1.807, 2.05) is 24.3 Å². The van der Waals surface area contributed by atoms with E-state index in [-0.39, 0.29) is 24.5 Å². The molecule has 0 unspecified atom stereocenters. The van der Waals surface area contributed by atoms with Crippen LogP contribution in [0, 0.1) is 9.49 Å². The molecular weight excluding hydrogens is 497 g/mol. The van der Waals surface area contributed by atoms with Gasteiger partial charge in [0.05, 0.1) is 18.2 Å². The van der Waals surface area contributed by atoms with Gasteiger partial charge in [0.1, 0.15) is 17.4 Å². The van der Waals surface area contributed by atoms with Gasteiger partial charge in [0.25, 0.3) is 0 Å². The number of carbonyl (C=O) groups excluding carboxylic acids is 2. The summed E-state index contributed by atoms with van der Waals surface area (Å²) in [6.45, 7) is 6.33. The van der Waals surface area contributed by atoms with Crippen molar-refractivity contribution in [3.8, 4) is 5.75 Å². The van der Waals surface area contributed by atoms with Crippen molar-refractivity contribution in [3.05, 3.63) is 46.7 Å². The molecule has 2 aromatic rings. The Balaban J connectivity index is 1.41. The Morgan fingerprint density at radius 3 is 3.00 bits per heavy atom. The highest BCUT2D eigenvalue weighted by Gasteiger charge is 2.61. The fourth-order valence-electron chi connectivity index (χ4n) is 3.94. The van der Waals surface area contributed by atoms with Crippen molar-refractivity contribution in [2.24, 2.45) is 5.92 Å². The molecule has 158 valence electrons. The van der Waals surface area contributed by atoms with E-state index in [2.05, 4.69) is 44.8 Å². The molecule has 8 heteroatoms. The first-order valence-corrected chi connectivity index (χ1v) is 11.1. The number of hydrogen-bond donors (Lipinski definition) is 2. The van der Waals surface area contributed by atoms with Crippen LogP contribution >= 0.6 is 22.6 Å². The van der Waals surface area contributed by atoms with Gasteiger partial charge in [0.15, 0.2) is 0 Å². The minimum atomic E-state index is -0.978. The third-order valence-electron chi connectivity index (χ3n) is 5.65. The average molecular weight is 521 g/mol. The van der Waals surface area contributed by atoms with Gasteiger partial charge >= 0.3 is 5.97 Å². The Bertz CT molecular complexity index is 998. The van der Waals surface area contributed by atoms with Crippen LogP contribution in [0.25, 0.3) is 10.9 Å². The third kappa shape index (κ3) is 4.02. The molecule has 4 rings (SSSR count). The van der Waals surface area contributed by atoms with Gasteiger partial charge in [-0.2, -0.15) is 0 Å². The van der Waals surface area contributed by atoms with Gasteiger partial charge in [-0.25, -0.2) is 4.79 Å². The summed E-state index contributed by atoms with van der Waals surface area (Å²) in [5.41, 5.74) is -0.103. The first-order chi connectivity index (χ1) is 14.5. The number of nitrogens with one attached hydrogen (secondary N) is 2. The molecule has 1 aliphatic heterocycles. The fraction of sp³-hybridized carbons (Fsp3) is 0.409. The SMILES string of the molecule is C=C[C@@H]1C[C@]1(NC(=O)[C@@H]1C[C@@H](Oc2ccnc3cc(I)ccc23)CN1)C(=O)OCC. The molecule has 1 saturated heterocycles. The molecule has 2 heterocycles. The molecule has 1 aromatic heterocycles. The summed E-state index contributed by atoms with van der Waals surface area (Å²) in [4.78, 5) is 29.6. The fourth-order valence-corrected chi connectivity index (χ4v) is 4.41. The molecule has 1 aliphatic carbocycles. The third-order valence-corrected chi connectivity index (χ3v) is 6.32. The quantitative estimate of drug-likeness (QED) is 0.331. The van der Waals surface area contributed by atoms with Crippen LogP contribution in [0.1, 0.15) is 19.8 Å². The number of rotatable bonds is 7. The topological polar surface area (TPSA) is 89.5 Å². The number of nitrogens with zero attached hydrogens (tertiary/aromatic N) is 1. The lowest BCUT2D eigenvalue weighted by Gasteiger charge is -2.20. The first kappa shape index (κ1) is 21.0. The number of esters is 1.